The fourth-order valence-electron chi connectivity index (χ4n) is 8.25. The van der Waals surface area contributed by atoms with Crippen LogP contribution in [0.3, 0.4) is 0 Å². The van der Waals surface area contributed by atoms with Crippen LogP contribution in [0.2, 0.25) is 0 Å². The first-order valence-electron chi connectivity index (χ1n) is 18.3. The highest BCUT2D eigenvalue weighted by molar-refractivity contribution is 5.99. The molecule has 2 heteroatoms. The molecule has 1 aromatic heterocycles. The van der Waals surface area contributed by atoms with Gasteiger partial charge in [-0.25, -0.2) is 9.97 Å². The summed E-state index contributed by atoms with van der Waals surface area (Å²) in [5.74, 6) is 0.711. The molecule has 250 valence electrons. The summed E-state index contributed by atoms with van der Waals surface area (Å²) >= 11 is 0. The van der Waals surface area contributed by atoms with Crippen molar-refractivity contribution in [3.63, 3.8) is 0 Å². The number of aromatic nitrogens is 2. The maximum atomic E-state index is 5.20. The van der Waals surface area contributed by atoms with Gasteiger partial charge in [0.05, 0.1) is 11.4 Å². The molecule has 0 fully saturated rings. The first-order valence-corrected chi connectivity index (χ1v) is 18.3. The highest BCUT2D eigenvalue weighted by atomic mass is 14.9. The van der Waals surface area contributed by atoms with Crippen LogP contribution < -0.4 is 0 Å². The van der Waals surface area contributed by atoms with Crippen molar-refractivity contribution in [2.75, 3.05) is 0 Å². The molecule has 0 N–H and O–H groups in total. The lowest BCUT2D eigenvalue weighted by atomic mass is 9.81. The first kappa shape index (κ1) is 31.1. The van der Waals surface area contributed by atoms with E-state index in [0.717, 1.165) is 33.6 Å². The van der Waals surface area contributed by atoms with Crippen LogP contribution in [-0.4, -0.2) is 9.97 Å². The van der Waals surface area contributed by atoms with Crippen molar-refractivity contribution in [3.8, 4) is 67.3 Å². The minimum atomic E-state index is -0.101. The second-order valence-electron chi connectivity index (χ2n) is 14.6. The van der Waals surface area contributed by atoms with Gasteiger partial charge in [0.25, 0.3) is 0 Å². The molecule has 8 aromatic carbocycles. The predicted molar refractivity (Wildman–Crippen MR) is 222 cm³/mol. The van der Waals surface area contributed by atoms with Crippen LogP contribution in [0.1, 0.15) is 25.0 Å². The largest absolute Gasteiger partial charge is 0.228 e. The Bertz CT molecular complexity index is 2870. The van der Waals surface area contributed by atoms with E-state index in [1.165, 1.54) is 60.5 Å². The molecular formula is C51H36N2. The zero-order chi connectivity index (χ0) is 35.5. The summed E-state index contributed by atoms with van der Waals surface area (Å²) in [5, 5.41) is 5.03. The summed E-state index contributed by atoms with van der Waals surface area (Å²) < 4.78 is 0. The van der Waals surface area contributed by atoms with Crippen molar-refractivity contribution in [1.29, 1.82) is 0 Å². The molecule has 1 aliphatic rings. The normalized spacial score (nSPS) is 12.9. The molecule has 1 aliphatic carbocycles. The fourth-order valence-corrected chi connectivity index (χ4v) is 8.25. The van der Waals surface area contributed by atoms with E-state index >= 15 is 0 Å². The zero-order valence-electron chi connectivity index (χ0n) is 29.7. The standard InChI is InChI=1S/C51H36N2/c1-51(2)45-24-12-23-43(49(45)44-30-37-17-8-9-18-38(37)31-46(44)51)40-20-11-22-42(29-40)48-32-47(52-50(53-48)34-14-4-3-5-15-34)41-21-10-19-36(28-41)39-26-25-33-13-6-7-16-35(33)27-39/h3-32H,1-2H3. The Hall–Kier alpha value is -6.64. The Morgan fingerprint density at radius 1 is 0.340 bits per heavy atom. The Morgan fingerprint density at radius 3 is 1.62 bits per heavy atom. The third-order valence-corrected chi connectivity index (χ3v) is 11.0. The van der Waals surface area contributed by atoms with Crippen LogP contribution >= 0.6 is 0 Å². The molecule has 0 amide bonds. The molecule has 9 aromatic rings. The second-order valence-corrected chi connectivity index (χ2v) is 14.6. The van der Waals surface area contributed by atoms with Crippen LogP contribution in [0.15, 0.2) is 182 Å². The van der Waals surface area contributed by atoms with Gasteiger partial charge in [0.2, 0.25) is 0 Å². The SMILES string of the molecule is CC1(C)c2cc3ccccc3cc2-c2c(-c3cccc(-c4cc(-c5cccc(-c6ccc7ccccc7c6)c5)nc(-c5ccccc5)n4)c3)cccc21. The van der Waals surface area contributed by atoms with Gasteiger partial charge in [0.15, 0.2) is 5.82 Å². The van der Waals surface area contributed by atoms with Gasteiger partial charge in [-0.15, -0.1) is 0 Å². The summed E-state index contributed by atoms with van der Waals surface area (Å²) in [6.45, 7) is 4.71. The number of hydrogen-bond acceptors (Lipinski definition) is 2. The smallest absolute Gasteiger partial charge is 0.160 e. The van der Waals surface area contributed by atoms with Gasteiger partial charge in [0.1, 0.15) is 0 Å². The quantitative estimate of drug-likeness (QED) is 0.181. The molecule has 0 aliphatic heterocycles. The van der Waals surface area contributed by atoms with Crippen molar-refractivity contribution < 1.29 is 0 Å². The van der Waals surface area contributed by atoms with Gasteiger partial charge in [-0.1, -0.05) is 159 Å². The van der Waals surface area contributed by atoms with Crippen LogP contribution in [0.4, 0.5) is 0 Å². The van der Waals surface area contributed by atoms with E-state index in [4.69, 9.17) is 9.97 Å². The molecule has 0 spiro atoms. The van der Waals surface area contributed by atoms with Gasteiger partial charge in [-0.2, -0.15) is 0 Å². The molecule has 0 atom stereocenters. The molecule has 10 rings (SSSR count). The molecule has 1 heterocycles. The maximum Gasteiger partial charge on any atom is 0.160 e. The highest BCUT2D eigenvalue weighted by Gasteiger charge is 2.37. The van der Waals surface area contributed by atoms with E-state index in [-0.39, 0.29) is 5.41 Å². The average molecular weight is 677 g/mol. The number of benzene rings is 8. The minimum Gasteiger partial charge on any atom is -0.228 e. The number of rotatable bonds is 5. The number of nitrogens with zero attached hydrogens (tertiary/aromatic N) is 2. The molecular weight excluding hydrogens is 641 g/mol. The predicted octanol–water partition coefficient (Wildman–Crippen LogP) is 13.4. The molecule has 0 saturated heterocycles. The van der Waals surface area contributed by atoms with E-state index in [1.54, 1.807) is 0 Å². The van der Waals surface area contributed by atoms with Crippen molar-refractivity contribution in [2.45, 2.75) is 19.3 Å². The van der Waals surface area contributed by atoms with E-state index in [0.29, 0.717) is 5.82 Å². The van der Waals surface area contributed by atoms with Crippen LogP contribution in [0.5, 0.6) is 0 Å². The fraction of sp³-hybridized carbons (Fsp3) is 0.0588. The average Bonchev–Trinajstić information content (AvgIpc) is 3.45. The van der Waals surface area contributed by atoms with Gasteiger partial charge < -0.3 is 0 Å². The van der Waals surface area contributed by atoms with Crippen molar-refractivity contribution in [2.24, 2.45) is 0 Å². The van der Waals surface area contributed by atoms with Gasteiger partial charge >= 0.3 is 0 Å². The van der Waals surface area contributed by atoms with Crippen LogP contribution in [-0.2, 0) is 5.41 Å². The van der Waals surface area contributed by atoms with Gasteiger partial charge in [-0.3, -0.25) is 0 Å². The first-order chi connectivity index (χ1) is 26.0. The van der Waals surface area contributed by atoms with E-state index < -0.39 is 0 Å². The third kappa shape index (κ3) is 5.34. The lowest BCUT2D eigenvalue weighted by Crippen LogP contribution is -2.14. The van der Waals surface area contributed by atoms with Crippen molar-refractivity contribution >= 4 is 21.5 Å². The van der Waals surface area contributed by atoms with E-state index in [2.05, 4.69) is 178 Å². The molecule has 0 bridgehead atoms. The summed E-state index contributed by atoms with van der Waals surface area (Å²) in [7, 11) is 0. The molecule has 0 saturated carbocycles. The lowest BCUT2D eigenvalue weighted by molar-refractivity contribution is 0.661. The Morgan fingerprint density at radius 2 is 0.887 bits per heavy atom. The molecule has 0 unspecified atom stereocenters. The third-order valence-electron chi connectivity index (χ3n) is 11.0. The van der Waals surface area contributed by atoms with Crippen molar-refractivity contribution in [1.82, 2.24) is 9.97 Å². The van der Waals surface area contributed by atoms with Gasteiger partial charge in [0, 0.05) is 22.1 Å². The molecule has 53 heavy (non-hydrogen) atoms. The van der Waals surface area contributed by atoms with E-state index in [1.807, 2.05) is 18.2 Å². The van der Waals surface area contributed by atoms with Gasteiger partial charge in [-0.05, 0) is 102 Å². The Labute approximate surface area is 310 Å². The maximum absolute atomic E-state index is 5.20. The minimum absolute atomic E-state index is 0.101. The zero-order valence-corrected chi connectivity index (χ0v) is 29.7. The summed E-state index contributed by atoms with van der Waals surface area (Å²) in [6.07, 6.45) is 0. The van der Waals surface area contributed by atoms with E-state index in [9.17, 15) is 0 Å². The molecule has 0 radical (unpaired) electrons. The lowest BCUT2D eigenvalue weighted by Gasteiger charge is -2.22. The summed E-state index contributed by atoms with van der Waals surface area (Å²) in [4.78, 5) is 10.4. The number of hydrogen-bond donors (Lipinski definition) is 0. The second kappa shape index (κ2) is 12.3. The molecule has 2 nitrogen and oxygen atoms in total. The van der Waals surface area contributed by atoms with Crippen molar-refractivity contribution in [3.05, 3.63) is 193 Å². The number of fused-ring (bicyclic) bond motifs is 5. The summed E-state index contributed by atoms with van der Waals surface area (Å²) in [6, 6.07) is 65.5. The van der Waals surface area contributed by atoms with Crippen LogP contribution in [0.25, 0.3) is 88.8 Å². The Kier molecular flexibility index (Phi) is 7.19. The Balaban J connectivity index is 1.11. The van der Waals surface area contributed by atoms with Crippen LogP contribution in [0, 0.1) is 0 Å². The highest BCUT2D eigenvalue weighted by Crippen LogP contribution is 2.53. The summed E-state index contributed by atoms with van der Waals surface area (Å²) in [5.41, 5.74) is 15.0. The monoisotopic (exact) mass is 676 g/mol. The topological polar surface area (TPSA) is 25.8 Å².